The molecule has 0 aliphatic carbocycles. The van der Waals surface area contributed by atoms with E-state index in [0.29, 0.717) is 5.92 Å². The third-order valence-electron chi connectivity index (χ3n) is 8.02. The Kier molecular flexibility index (Phi) is 10.2. The molecule has 2 heteroatoms. The Morgan fingerprint density at radius 1 is 0.634 bits per heavy atom. The van der Waals surface area contributed by atoms with Gasteiger partial charge in [0.05, 0.1) is 0 Å². The Morgan fingerprint density at radius 3 is 1.37 bits per heavy atom. The van der Waals surface area contributed by atoms with E-state index < -0.39 is 0 Å². The fraction of sp³-hybridized carbons (Fsp3) is 0.282. The first-order valence-electron chi connectivity index (χ1n) is 15.0. The van der Waals surface area contributed by atoms with Crippen molar-refractivity contribution in [1.82, 2.24) is 0 Å². The number of benzene rings is 4. The maximum atomic E-state index is 4.43. The van der Waals surface area contributed by atoms with Crippen molar-refractivity contribution in [3.8, 4) is 0 Å². The van der Waals surface area contributed by atoms with Gasteiger partial charge >= 0.3 is 0 Å². The van der Waals surface area contributed by atoms with Crippen molar-refractivity contribution in [2.75, 3.05) is 9.80 Å². The van der Waals surface area contributed by atoms with Crippen LogP contribution in [0.3, 0.4) is 0 Å². The molecular formula is C39H46N2. The van der Waals surface area contributed by atoms with Crippen molar-refractivity contribution in [3.05, 3.63) is 138 Å². The molecule has 0 aromatic heterocycles. The molecule has 0 amide bonds. The van der Waals surface area contributed by atoms with Gasteiger partial charge in [-0.3, -0.25) is 0 Å². The Hall–Kier alpha value is -4.04. The molecule has 0 spiro atoms. The van der Waals surface area contributed by atoms with Crippen molar-refractivity contribution in [2.45, 2.75) is 66.8 Å². The minimum Gasteiger partial charge on any atom is -0.337 e. The maximum Gasteiger partial charge on any atom is 0.0463 e. The third-order valence-corrected chi connectivity index (χ3v) is 8.02. The first kappa shape index (κ1) is 29.9. The number of anilines is 5. The van der Waals surface area contributed by atoms with E-state index in [1.54, 1.807) is 0 Å². The van der Waals surface area contributed by atoms with E-state index in [1.807, 2.05) is 0 Å². The molecule has 0 heterocycles. The molecule has 0 bridgehead atoms. The van der Waals surface area contributed by atoms with Crippen LogP contribution >= 0.6 is 0 Å². The molecule has 4 rings (SSSR count). The molecule has 0 aliphatic heterocycles. The molecule has 41 heavy (non-hydrogen) atoms. The van der Waals surface area contributed by atoms with E-state index in [0.717, 1.165) is 36.3 Å². The summed E-state index contributed by atoms with van der Waals surface area (Å²) in [5.74, 6) is 0.404. The zero-order valence-electron chi connectivity index (χ0n) is 25.8. The van der Waals surface area contributed by atoms with E-state index in [9.17, 15) is 0 Å². The molecule has 2 nitrogen and oxygen atoms in total. The summed E-state index contributed by atoms with van der Waals surface area (Å²) >= 11 is 0. The van der Waals surface area contributed by atoms with Crippen LogP contribution in [-0.2, 0) is 0 Å². The first-order valence-corrected chi connectivity index (χ1v) is 15.0. The van der Waals surface area contributed by atoms with Gasteiger partial charge in [0.2, 0.25) is 0 Å². The summed E-state index contributed by atoms with van der Waals surface area (Å²) in [6.45, 7) is 17.5. The molecule has 0 fully saturated rings. The van der Waals surface area contributed by atoms with Gasteiger partial charge in [-0.05, 0) is 114 Å². The van der Waals surface area contributed by atoms with Crippen LogP contribution in [0.15, 0.2) is 121 Å². The van der Waals surface area contributed by atoms with E-state index in [-0.39, 0.29) is 6.04 Å². The van der Waals surface area contributed by atoms with Gasteiger partial charge in [0.15, 0.2) is 0 Å². The number of hydrogen-bond acceptors (Lipinski definition) is 2. The Morgan fingerprint density at radius 2 is 1.00 bits per heavy atom. The molecule has 4 aromatic rings. The van der Waals surface area contributed by atoms with Gasteiger partial charge in [0, 0.05) is 34.5 Å². The predicted octanol–water partition coefficient (Wildman–Crippen LogP) is 11.5. The molecule has 0 N–H and O–H groups in total. The molecule has 0 saturated carbocycles. The minimum absolute atomic E-state index is 0.266. The van der Waals surface area contributed by atoms with Crippen molar-refractivity contribution >= 4 is 28.4 Å². The summed E-state index contributed by atoms with van der Waals surface area (Å²) in [7, 11) is 0. The smallest absolute Gasteiger partial charge is 0.0463 e. The van der Waals surface area contributed by atoms with Crippen LogP contribution in [0.2, 0.25) is 0 Å². The lowest BCUT2D eigenvalue weighted by atomic mass is 9.88. The second kappa shape index (κ2) is 14.0. The standard InChI is InChI=1S/C39H46N2/c1-8-11-33(10-3)39(28-29(4)9-2)41(37-22-16-32(7)17-23-37)38-26-24-36(25-27-38)40(34-18-12-30(5)13-19-34)35-20-14-31(6)15-21-35/h8,11-27,33,39H,4,9-10,28H2,1-3,5-7H3/b11-8+. The van der Waals surface area contributed by atoms with Gasteiger partial charge < -0.3 is 9.80 Å². The van der Waals surface area contributed by atoms with Gasteiger partial charge in [-0.25, -0.2) is 0 Å². The summed E-state index contributed by atoms with van der Waals surface area (Å²) in [5, 5.41) is 0. The number of aryl methyl sites for hydroxylation is 3. The second-order valence-electron chi connectivity index (χ2n) is 11.2. The molecule has 4 aromatic carbocycles. The first-order chi connectivity index (χ1) is 19.8. The highest BCUT2D eigenvalue weighted by molar-refractivity contribution is 5.78. The lowest BCUT2D eigenvalue weighted by Gasteiger charge is -2.38. The van der Waals surface area contributed by atoms with Crippen LogP contribution in [0, 0.1) is 26.7 Å². The average molecular weight is 543 g/mol. The van der Waals surface area contributed by atoms with Crippen LogP contribution in [0.5, 0.6) is 0 Å². The summed E-state index contributed by atoms with van der Waals surface area (Å²) in [6.07, 6.45) is 7.59. The molecule has 2 unspecified atom stereocenters. The fourth-order valence-electron chi connectivity index (χ4n) is 5.49. The lowest BCUT2D eigenvalue weighted by molar-refractivity contribution is 0.472. The fourth-order valence-corrected chi connectivity index (χ4v) is 5.49. The molecular weight excluding hydrogens is 496 g/mol. The van der Waals surface area contributed by atoms with Crippen LogP contribution < -0.4 is 9.80 Å². The molecule has 2 atom stereocenters. The van der Waals surface area contributed by atoms with Gasteiger partial charge in [-0.1, -0.05) is 91.2 Å². The Balaban J connectivity index is 1.82. The topological polar surface area (TPSA) is 6.48 Å². The van der Waals surface area contributed by atoms with Crippen molar-refractivity contribution in [1.29, 1.82) is 0 Å². The van der Waals surface area contributed by atoms with Crippen molar-refractivity contribution in [3.63, 3.8) is 0 Å². The molecule has 0 aliphatic rings. The van der Waals surface area contributed by atoms with E-state index in [4.69, 9.17) is 0 Å². The third kappa shape index (κ3) is 7.38. The van der Waals surface area contributed by atoms with Crippen LogP contribution in [0.4, 0.5) is 28.4 Å². The highest BCUT2D eigenvalue weighted by Gasteiger charge is 2.27. The predicted molar refractivity (Wildman–Crippen MR) is 180 cm³/mol. The monoisotopic (exact) mass is 542 g/mol. The largest absolute Gasteiger partial charge is 0.337 e. The van der Waals surface area contributed by atoms with Crippen LogP contribution in [-0.4, -0.2) is 6.04 Å². The minimum atomic E-state index is 0.266. The van der Waals surface area contributed by atoms with Gasteiger partial charge in [-0.2, -0.15) is 0 Å². The Bertz CT molecular complexity index is 1370. The summed E-state index contributed by atoms with van der Waals surface area (Å²) in [5.41, 5.74) is 10.9. The molecule has 0 saturated heterocycles. The molecule has 0 radical (unpaired) electrons. The zero-order chi connectivity index (χ0) is 29.4. The summed E-state index contributed by atoms with van der Waals surface area (Å²) in [6, 6.07) is 35.9. The van der Waals surface area contributed by atoms with Crippen molar-refractivity contribution in [2.24, 2.45) is 5.92 Å². The zero-order valence-corrected chi connectivity index (χ0v) is 25.8. The highest BCUT2D eigenvalue weighted by atomic mass is 15.2. The van der Waals surface area contributed by atoms with Gasteiger partial charge in [-0.15, -0.1) is 0 Å². The number of hydrogen-bond donors (Lipinski definition) is 0. The van der Waals surface area contributed by atoms with Gasteiger partial charge in [0.25, 0.3) is 0 Å². The van der Waals surface area contributed by atoms with E-state index in [2.05, 4.69) is 167 Å². The average Bonchev–Trinajstić information content (AvgIpc) is 2.99. The number of nitrogens with zero attached hydrogens (tertiary/aromatic N) is 2. The highest BCUT2D eigenvalue weighted by Crippen LogP contribution is 2.39. The summed E-state index contributed by atoms with van der Waals surface area (Å²) < 4.78 is 0. The molecule has 212 valence electrons. The van der Waals surface area contributed by atoms with E-state index in [1.165, 1.54) is 33.6 Å². The number of rotatable bonds is 12. The SMILES string of the molecule is C=C(CC)CC(C(/C=C/C)CC)N(c1ccc(C)cc1)c1ccc(N(c2ccc(C)cc2)c2ccc(C)cc2)cc1. The van der Waals surface area contributed by atoms with E-state index >= 15 is 0 Å². The van der Waals surface area contributed by atoms with Crippen molar-refractivity contribution < 1.29 is 0 Å². The second-order valence-corrected chi connectivity index (χ2v) is 11.2. The lowest BCUT2D eigenvalue weighted by Crippen LogP contribution is -2.37. The van der Waals surface area contributed by atoms with Crippen LogP contribution in [0.1, 0.15) is 56.7 Å². The van der Waals surface area contributed by atoms with Gasteiger partial charge in [0.1, 0.15) is 0 Å². The maximum absolute atomic E-state index is 4.43. The number of allylic oxidation sites excluding steroid dienone is 1. The normalized spacial score (nSPS) is 12.7. The Labute approximate surface area is 248 Å². The van der Waals surface area contributed by atoms with Crippen LogP contribution in [0.25, 0.3) is 0 Å². The quantitative estimate of drug-likeness (QED) is 0.164. The summed E-state index contributed by atoms with van der Waals surface area (Å²) in [4.78, 5) is 4.88.